The molecule has 90 valence electrons. The quantitative estimate of drug-likeness (QED) is 0.572. The highest BCUT2D eigenvalue weighted by atomic mass is 16.3. The van der Waals surface area contributed by atoms with Crippen LogP contribution in [0.1, 0.15) is 0 Å². The van der Waals surface area contributed by atoms with Crippen LogP contribution in [0.25, 0.3) is 0 Å². The Morgan fingerprint density at radius 2 is 2.44 bits per heavy atom. The van der Waals surface area contributed by atoms with Crippen LogP contribution in [-0.4, -0.2) is 66.2 Å². The maximum atomic E-state index is 11.7. The van der Waals surface area contributed by atoms with Crippen LogP contribution in [0.5, 0.6) is 0 Å². The highest BCUT2D eigenvalue weighted by molar-refractivity contribution is 5.96. The molecule has 1 heterocycles. The molecule has 1 aliphatic heterocycles. The van der Waals surface area contributed by atoms with E-state index in [1.807, 2.05) is 0 Å². The van der Waals surface area contributed by atoms with Gasteiger partial charge in [0, 0.05) is 26.2 Å². The summed E-state index contributed by atoms with van der Waals surface area (Å²) >= 11 is 0. The third-order valence-corrected chi connectivity index (χ3v) is 2.32. The number of hydrogen-bond acceptors (Lipinski definition) is 4. The Hall–Kier alpha value is -1.40. The summed E-state index contributed by atoms with van der Waals surface area (Å²) in [4.78, 5) is 25.9. The van der Waals surface area contributed by atoms with Crippen molar-refractivity contribution in [1.82, 2.24) is 15.1 Å². The molecule has 16 heavy (non-hydrogen) atoms. The predicted molar refractivity (Wildman–Crippen MR) is 58.8 cm³/mol. The average molecular weight is 227 g/mol. The topological polar surface area (TPSA) is 72.9 Å². The monoisotopic (exact) mass is 227 g/mol. The number of carbonyl (C=O) groups is 2. The zero-order valence-electron chi connectivity index (χ0n) is 9.19. The minimum atomic E-state index is -0.340. The molecule has 0 atom stereocenters. The molecule has 2 N–H and O–H groups in total. The van der Waals surface area contributed by atoms with E-state index in [-0.39, 0.29) is 25.1 Å². The summed E-state index contributed by atoms with van der Waals surface area (Å²) in [6.45, 7) is 5.51. The van der Waals surface area contributed by atoms with Gasteiger partial charge < -0.3 is 10.4 Å². The molecule has 0 radical (unpaired) electrons. The summed E-state index contributed by atoms with van der Waals surface area (Å²) in [5.74, 6) is -0.245. The molecule has 0 bridgehead atoms. The lowest BCUT2D eigenvalue weighted by molar-refractivity contribution is -0.128. The van der Waals surface area contributed by atoms with Crippen molar-refractivity contribution >= 4 is 11.9 Å². The lowest BCUT2D eigenvalue weighted by atomic mass is 10.4. The van der Waals surface area contributed by atoms with Crippen LogP contribution in [0.4, 0.5) is 4.79 Å². The second-order valence-electron chi connectivity index (χ2n) is 3.52. The average Bonchev–Trinajstić information content (AvgIpc) is 2.65. The highest BCUT2D eigenvalue weighted by Crippen LogP contribution is 1.99. The summed E-state index contributed by atoms with van der Waals surface area (Å²) < 4.78 is 0. The first-order chi connectivity index (χ1) is 7.69. The molecule has 0 aromatic heterocycles. The first kappa shape index (κ1) is 12.7. The van der Waals surface area contributed by atoms with Crippen LogP contribution in [-0.2, 0) is 4.79 Å². The van der Waals surface area contributed by atoms with Gasteiger partial charge in [-0.2, -0.15) is 0 Å². The van der Waals surface area contributed by atoms with E-state index < -0.39 is 0 Å². The number of aliphatic hydroxyl groups is 1. The zero-order chi connectivity index (χ0) is 12.0. The molecule has 0 aromatic rings. The Bertz CT molecular complexity index is 280. The van der Waals surface area contributed by atoms with E-state index in [9.17, 15) is 9.59 Å². The van der Waals surface area contributed by atoms with Crippen LogP contribution >= 0.6 is 0 Å². The number of nitrogens with one attached hydrogen (secondary N) is 1. The smallest absolute Gasteiger partial charge is 0.324 e. The number of amides is 3. The maximum Gasteiger partial charge on any atom is 0.324 e. The summed E-state index contributed by atoms with van der Waals surface area (Å²) in [6.07, 6.45) is 1.66. The second-order valence-corrected chi connectivity index (χ2v) is 3.52. The Labute approximate surface area is 94.5 Å². The fourth-order valence-corrected chi connectivity index (χ4v) is 1.55. The predicted octanol–water partition coefficient (Wildman–Crippen LogP) is -0.981. The summed E-state index contributed by atoms with van der Waals surface area (Å²) in [6, 6.07) is -0.340. The van der Waals surface area contributed by atoms with Crippen LogP contribution in [0.2, 0.25) is 0 Å². The Balaban J connectivity index is 2.46. The van der Waals surface area contributed by atoms with Crippen molar-refractivity contribution < 1.29 is 14.7 Å². The van der Waals surface area contributed by atoms with Crippen molar-refractivity contribution in [2.75, 3.05) is 39.3 Å². The van der Waals surface area contributed by atoms with Gasteiger partial charge >= 0.3 is 6.03 Å². The number of carbonyl (C=O) groups excluding carboxylic acids is 2. The number of rotatable bonds is 6. The second kappa shape index (κ2) is 6.24. The van der Waals surface area contributed by atoms with Crippen molar-refractivity contribution in [2.24, 2.45) is 0 Å². The largest absolute Gasteiger partial charge is 0.395 e. The third-order valence-electron chi connectivity index (χ3n) is 2.32. The Morgan fingerprint density at radius 1 is 1.69 bits per heavy atom. The minimum Gasteiger partial charge on any atom is -0.395 e. The fraction of sp³-hybridized carbons (Fsp3) is 0.600. The number of imide groups is 1. The first-order valence-electron chi connectivity index (χ1n) is 5.21. The molecule has 1 saturated heterocycles. The van der Waals surface area contributed by atoms with E-state index >= 15 is 0 Å². The van der Waals surface area contributed by atoms with Gasteiger partial charge in [-0.3, -0.25) is 14.6 Å². The van der Waals surface area contributed by atoms with Crippen molar-refractivity contribution in [3.8, 4) is 0 Å². The van der Waals surface area contributed by atoms with Gasteiger partial charge in [0.1, 0.15) is 0 Å². The Morgan fingerprint density at radius 3 is 2.94 bits per heavy atom. The van der Waals surface area contributed by atoms with Gasteiger partial charge in [0.25, 0.3) is 0 Å². The lowest BCUT2D eigenvalue weighted by Crippen LogP contribution is -2.42. The molecule has 6 heteroatoms. The van der Waals surface area contributed by atoms with Crippen LogP contribution in [0.15, 0.2) is 12.7 Å². The van der Waals surface area contributed by atoms with Crippen LogP contribution in [0, 0.1) is 0 Å². The molecule has 6 nitrogen and oxygen atoms in total. The molecule has 0 aromatic carbocycles. The molecular weight excluding hydrogens is 210 g/mol. The van der Waals surface area contributed by atoms with Gasteiger partial charge in [0.15, 0.2) is 0 Å². The number of aliphatic hydroxyl groups excluding tert-OH is 1. The van der Waals surface area contributed by atoms with E-state index in [1.54, 1.807) is 11.0 Å². The standard InChI is InChI=1S/C10H17N3O3/c1-2-4-12(6-7-14)8-9(15)13-5-3-11-10(13)16/h2,14H,1,3-8H2,(H,11,16). The summed E-state index contributed by atoms with van der Waals surface area (Å²) in [7, 11) is 0. The molecule has 1 fully saturated rings. The number of urea groups is 1. The molecule has 0 saturated carbocycles. The van der Waals surface area contributed by atoms with Gasteiger partial charge in [0.05, 0.1) is 13.2 Å². The van der Waals surface area contributed by atoms with E-state index in [0.29, 0.717) is 26.2 Å². The molecular formula is C10H17N3O3. The van der Waals surface area contributed by atoms with Gasteiger partial charge in [-0.15, -0.1) is 6.58 Å². The van der Waals surface area contributed by atoms with Crippen molar-refractivity contribution in [1.29, 1.82) is 0 Å². The number of hydrogen-bond donors (Lipinski definition) is 2. The maximum absolute atomic E-state index is 11.7. The van der Waals surface area contributed by atoms with Gasteiger partial charge in [-0.1, -0.05) is 6.08 Å². The molecule has 1 aliphatic rings. The van der Waals surface area contributed by atoms with Gasteiger partial charge in [-0.25, -0.2) is 4.79 Å². The molecule has 0 aliphatic carbocycles. The summed E-state index contributed by atoms with van der Waals surface area (Å²) in [5.41, 5.74) is 0. The molecule has 0 unspecified atom stereocenters. The van der Waals surface area contributed by atoms with E-state index in [1.165, 1.54) is 4.90 Å². The minimum absolute atomic E-state index is 0.0205. The zero-order valence-corrected chi connectivity index (χ0v) is 9.19. The van der Waals surface area contributed by atoms with E-state index in [4.69, 9.17) is 5.11 Å². The molecule has 3 amide bonds. The number of nitrogens with zero attached hydrogens (tertiary/aromatic N) is 2. The molecule has 0 spiro atoms. The van der Waals surface area contributed by atoms with Crippen molar-refractivity contribution in [2.45, 2.75) is 0 Å². The summed E-state index contributed by atoms with van der Waals surface area (Å²) in [5, 5.41) is 11.4. The van der Waals surface area contributed by atoms with Gasteiger partial charge in [-0.05, 0) is 0 Å². The van der Waals surface area contributed by atoms with Crippen LogP contribution < -0.4 is 5.32 Å². The highest BCUT2D eigenvalue weighted by Gasteiger charge is 2.26. The normalized spacial score (nSPS) is 15.4. The first-order valence-corrected chi connectivity index (χ1v) is 5.21. The Kier molecular flexibility index (Phi) is 4.94. The SMILES string of the molecule is C=CCN(CCO)CC(=O)N1CCNC1=O. The van der Waals surface area contributed by atoms with Gasteiger partial charge in [0.2, 0.25) is 5.91 Å². The van der Waals surface area contributed by atoms with E-state index in [2.05, 4.69) is 11.9 Å². The van der Waals surface area contributed by atoms with E-state index in [0.717, 1.165) is 0 Å². The van der Waals surface area contributed by atoms with Crippen molar-refractivity contribution in [3.05, 3.63) is 12.7 Å². The fourth-order valence-electron chi connectivity index (χ4n) is 1.55. The third kappa shape index (κ3) is 3.32. The van der Waals surface area contributed by atoms with Crippen LogP contribution in [0.3, 0.4) is 0 Å². The molecule has 1 rings (SSSR count). The lowest BCUT2D eigenvalue weighted by Gasteiger charge is -2.21. The van der Waals surface area contributed by atoms with Crippen molar-refractivity contribution in [3.63, 3.8) is 0 Å².